The van der Waals surface area contributed by atoms with Crippen molar-refractivity contribution in [2.45, 2.75) is 39.2 Å². The first-order chi connectivity index (χ1) is 21.7. The zero-order chi connectivity index (χ0) is 31.8. The van der Waals surface area contributed by atoms with Gasteiger partial charge in [0.05, 0.1) is 42.5 Å². The highest BCUT2D eigenvalue weighted by Gasteiger charge is 2.57. The number of phenols is 1. The molecule has 0 saturated carbocycles. The van der Waals surface area contributed by atoms with Crippen LogP contribution in [0, 0.1) is 31.6 Å². The van der Waals surface area contributed by atoms with Gasteiger partial charge in [0.15, 0.2) is 0 Å². The second-order valence-corrected chi connectivity index (χ2v) is 12.2. The number of methoxy groups -OCH3 is 1. The van der Waals surface area contributed by atoms with Crippen molar-refractivity contribution in [2.75, 3.05) is 25.2 Å². The first-order valence-corrected chi connectivity index (χ1v) is 15.3. The Bertz CT molecular complexity index is 1660. The number of aryl methyl sites for hydroxylation is 2. The number of hydrogen-bond donors (Lipinski definition) is 3. The number of rotatable bonds is 9. The molecule has 10 heteroatoms. The van der Waals surface area contributed by atoms with Gasteiger partial charge in [-0.05, 0) is 114 Å². The molecule has 4 atom stereocenters. The number of carbonyl (C=O) groups excluding carboxylic acids is 2. The predicted octanol–water partition coefficient (Wildman–Crippen LogP) is 3.57. The number of pyridine rings is 1. The number of allylic oxidation sites excluding steroid dienone is 1. The number of fused-ring (bicyclic) bond motifs is 3. The van der Waals surface area contributed by atoms with Crippen molar-refractivity contribution in [1.29, 1.82) is 0 Å². The van der Waals surface area contributed by atoms with Crippen molar-refractivity contribution in [3.05, 3.63) is 94.3 Å². The maximum Gasteiger partial charge on any atom is 0.488 e. The summed E-state index contributed by atoms with van der Waals surface area (Å²) in [6.45, 7) is 4.44. The van der Waals surface area contributed by atoms with Crippen LogP contribution >= 0.6 is 0 Å². The van der Waals surface area contributed by atoms with Gasteiger partial charge in [0.1, 0.15) is 5.75 Å². The largest absolute Gasteiger partial charge is 0.507 e. The average molecular weight is 609 g/mol. The lowest BCUT2D eigenvalue weighted by molar-refractivity contribution is -0.122. The molecule has 9 nitrogen and oxygen atoms in total. The van der Waals surface area contributed by atoms with Crippen LogP contribution in [0.25, 0.3) is 11.6 Å². The summed E-state index contributed by atoms with van der Waals surface area (Å²) in [7, 11) is -0.0828. The Labute approximate surface area is 263 Å². The van der Waals surface area contributed by atoms with E-state index in [1.54, 1.807) is 25.4 Å². The summed E-state index contributed by atoms with van der Waals surface area (Å²) < 4.78 is 12.0. The molecule has 2 saturated heterocycles. The molecular formula is C35H37BN2O7. The third kappa shape index (κ3) is 5.86. The van der Waals surface area contributed by atoms with Crippen LogP contribution in [0.1, 0.15) is 41.6 Å². The number of aromatic hydroxyl groups is 1. The van der Waals surface area contributed by atoms with E-state index in [0.717, 1.165) is 39.1 Å². The fourth-order valence-electron chi connectivity index (χ4n) is 7.25. The number of benzene rings is 2. The molecule has 1 aromatic heterocycles. The van der Waals surface area contributed by atoms with Crippen molar-refractivity contribution in [3.8, 4) is 5.75 Å². The van der Waals surface area contributed by atoms with Gasteiger partial charge in [-0.1, -0.05) is 18.2 Å². The number of nitrogens with zero attached hydrogens (tertiary/aromatic N) is 2. The predicted molar refractivity (Wildman–Crippen MR) is 171 cm³/mol. The van der Waals surface area contributed by atoms with E-state index in [1.807, 2.05) is 44.2 Å². The number of imide groups is 1. The minimum Gasteiger partial charge on any atom is -0.507 e. The van der Waals surface area contributed by atoms with Gasteiger partial charge in [0, 0.05) is 19.2 Å². The Hall–Kier alpha value is -4.09. The van der Waals surface area contributed by atoms with Crippen LogP contribution in [-0.2, 0) is 19.1 Å². The molecule has 2 aliphatic heterocycles. The Balaban J connectivity index is 1.29. The molecule has 2 fully saturated rings. The molecule has 3 heterocycles. The molecule has 2 aromatic carbocycles. The summed E-state index contributed by atoms with van der Waals surface area (Å²) in [5.41, 5.74) is 7.06. The van der Waals surface area contributed by atoms with E-state index in [1.165, 1.54) is 17.0 Å². The Morgan fingerprint density at radius 1 is 1.07 bits per heavy atom. The highest BCUT2D eigenvalue weighted by molar-refractivity contribution is 6.58. The van der Waals surface area contributed by atoms with E-state index in [9.17, 15) is 24.7 Å². The van der Waals surface area contributed by atoms with Gasteiger partial charge in [-0.15, -0.1) is 0 Å². The minimum absolute atomic E-state index is 0.209. The van der Waals surface area contributed by atoms with E-state index in [4.69, 9.17) is 9.47 Å². The van der Waals surface area contributed by atoms with Crippen molar-refractivity contribution < 1.29 is 34.2 Å². The number of amides is 2. The Morgan fingerprint density at radius 2 is 1.84 bits per heavy atom. The number of ether oxygens (including phenoxy) is 2. The lowest BCUT2D eigenvalue weighted by atomic mass is 9.69. The summed E-state index contributed by atoms with van der Waals surface area (Å²) in [4.78, 5) is 33.4. The van der Waals surface area contributed by atoms with E-state index in [0.29, 0.717) is 43.9 Å². The third-order valence-electron chi connectivity index (χ3n) is 9.28. The van der Waals surface area contributed by atoms with Crippen LogP contribution in [0.3, 0.4) is 0 Å². The minimum atomic E-state index is -1.71. The van der Waals surface area contributed by atoms with Crippen molar-refractivity contribution in [2.24, 2.45) is 17.8 Å². The number of phenolic OH excluding ortho intramolecular Hbond substituents is 1. The molecule has 6 rings (SSSR count). The summed E-state index contributed by atoms with van der Waals surface area (Å²) in [5, 5.41) is 29.6. The molecular weight excluding hydrogens is 571 g/mol. The molecule has 2 amide bonds. The molecule has 3 aromatic rings. The molecule has 0 bridgehead atoms. The van der Waals surface area contributed by atoms with Gasteiger partial charge in [-0.3, -0.25) is 19.5 Å². The van der Waals surface area contributed by atoms with Gasteiger partial charge < -0.3 is 24.6 Å². The number of aromatic nitrogens is 1. The van der Waals surface area contributed by atoms with Gasteiger partial charge in [-0.25, -0.2) is 0 Å². The lowest BCUT2D eigenvalue weighted by Gasteiger charge is -2.31. The molecule has 1 aliphatic carbocycles. The second-order valence-electron chi connectivity index (χ2n) is 12.2. The number of carbonyl (C=O) groups is 2. The molecule has 232 valence electrons. The molecule has 3 N–H and O–H groups in total. The maximum absolute atomic E-state index is 13.9. The fraction of sp³-hybridized carbons (Fsp3) is 0.343. The molecule has 0 radical (unpaired) electrons. The van der Waals surface area contributed by atoms with Gasteiger partial charge >= 0.3 is 7.12 Å². The first kappa shape index (κ1) is 30.9. The fourth-order valence-corrected chi connectivity index (χ4v) is 7.25. The van der Waals surface area contributed by atoms with Gasteiger partial charge in [-0.2, -0.15) is 0 Å². The van der Waals surface area contributed by atoms with Gasteiger partial charge in [0.2, 0.25) is 11.8 Å². The zero-order valence-electron chi connectivity index (χ0n) is 25.6. The maximum atomic E-state index is 13.9. The monoisotopic (exact) mass is 608 g/mol. The Kier molecular flexibility index (Phi) is 8.75. The third-order valence-corrected chi connectivity index (χ3v) is 9.28. The topological polar surface area (TPSA) is 129 Å². The molecule has 3 aliphatic rings. The van der Waals surface area contributed by atoms with Crippen LogP contribution in [0.4, 0.5) is 5.69 Å². The Morgan fingerprint density at radius 3 is 2.53 bits per heavy atom. The zero-order valence-corrected chi connectivity index (χ0v) is 25.6. The highest BCUT2D eigenvalue weighted by atomic mass is 16.5. The van der Waals surface area contributed by atoms with E-state index in [2.05, 4.69) is 11.1 Å². The summed E-state index contributed by atoms with van der Waals surface area (Å²) >= 11 is 0. The van der Waals surface area contributed by atoms with Crippen molar-refractivity contribution in [1.82, 2.24) is 4.98 Å². The standard InChI is InChI=1S/C35H37BN2O7/c1-20-13-22(14-21(2)33(20)39)15-23(29-9-4-5-12-37-29)10-11-30-31-24(18-44-3)16-27-32(28(31)19-45-30)35(41)38(34(27)40)26-8-6-7-25(17-26)36(42)43/h4-9,12-15,17,27-28,30,32,39,42-43H,10-11,16,18-19H2,1-3H3/b23-15-/t27-,28+,30-,32-/m1/s1. The first-order valence-electron chi connectivity index (χ1n) is 15.3. The molecule has 0 unspecified atom stereocenters. The second kappa shape index (κ2) is 12.7. The van der Waals surface area contributed by atoms with Crippen LogP contribution in [0.15, 0.2) is 71.9 Å². The summed E-state index contributed by atoms with van der Waals surface area (Å²) in [5.74, 6) is -1.63. The number of hydrogen-bond acceptors (Lipinski definition) is 8. The number of anilines is 1. The van der Waals surface area contributed by atoms with E-state index >= 15 is 0 Å². The highest BCUT2D eigenvalue weighted by Crippen LogP contribution is 2.50. The average Bonchev–Trinajstić information content (AvgIpc) is 3.56. The van der Waals surface area contributed by atoms with Crippen LogP contribution in [-0.4, -0.2) is 65.5 Å². The molecule has 0 spiro atoms. The SMILES string of the molecule is COCC1=C2[C@@H](CC/C(=C/c3cc(C)c(O)c(C)c3)c3ccccn3)OC[C@@H]2[C@@H]2C(=O)N(c3cccc(B(O)O)c3)C(=O)[C@@H]2C1. The van der Waals surface area contributed by atoms with E-state index < -0.39 is 19.0 Å². The summed E-state index contributed by atoms with van der Waals surface area (Å²) in [6.07, 6.45) is 5.33. The van der Waals surface area contributed by atoms with Crippen LogP contribution < -0.4 is 10.4 Å². The quantitative estimate of drug-likeness (QED) is 0.191. The van der Waals surface area contributed by atoms with Crippen LogP contribution in [0.5, 0.6) is 5.75 Å². The smallest absolute Gasteiger partial charge is 0.488 e. The van der Waals surface area contributed by atoms with Crippen molar-refractivity contribution >= 4 is 41.7 Å². The van der Waals surface area contributed by atoms with Crippen molar-refractivity contribution in [3.63, 3.8) is 0 Å². The van der Waals surface area contributed by atoms with Crippen LogP contribution in [0.2, 0.25) is 0 Å². The lowest BCUT2D eigenvalue weighted by Crippen LogP contribution is -2.36. The van der Waals surface area contributed by atoms with E-state index in [-0.39, 0.29) is 29.3 Å². The summed E-state index contributed by atoms with van der Waals surface area (Å²) in [6, 6.07) is 16.0. The molecule has 45 heavy (non-hydrogen) atoms. The normalized spacial score (nSPS) is 23.0. The van der Waals surface area contributed by atoms with Gasteiger partial charge in [0.25, 0.3) is 0 Å².